The molecule has 2 atom stereocenters. The first-order valence-electron chi connectivity index (χ1n) is 10.2. The molecular weight excluding hydrogens is 356 g/mol. The largest absolute Gasteiger partial charge is 0.496 e. The van der Waals surface area contributed by atoms with Crippen molar-refractivity contribution < 1.29 is 14.3 Å². The number of rotatable bonds is 8. The number of hydrogen-bond donors (Lipinski definition) is 2. The number of methoxy groups -OCH3 is 1. The van der Waals surface area contributed by atoms with Crippen LogP contribution < -0.4 is 15.4 Å². The summed E-state index contributed by atoms with van der Waals surface area (Å²) in [4.78, 5) is 29.0. The molecular formula is C21H32N4O3. The maximum atomic E-state index is 12.7. The second-order valence-electron chi connectivity index (χ2n) is 7.80. The highest BCUT2D eigenvalue weighted by Gasteiger charge is 2.28. The molecule has 2 unspecified atom stereocenters. The predicted molar refractivity (Wildman–Crippen MR) is 108 cm³/mol. The molecule has 28 heavy (non-hydrogen) atoms. The second-order valence-corrected chi connectivity index (χ2v) is 7.80. The van der Waals surface area contributed by atoms with Crippen molar-refractivity contribution >= 4 is 11.8 Å². The van der Waals surface area contributed by atoms with Crippen LogP contribution in [0.15, 0.2) is 24.3 Å². The van der Waals surface area contributed by atoms with Gasteiger partial charge >= 0.3 is 0 Å². The van der Waals surface area contributed by atoms with E-state index in [1.165, 1.54) is 0 Å². The van der Waals surface area contributed by atoms with Gasteiger partial charge in [0, 0.05) is 37.8 Å². The molecule has 2 amide bonds. The summed E-state index contributed by atoms with van der Waals surface area (Å²) in [6.45, 7) is 7.55. The monoisotopic (exact) mass is 388 g/mol. The van der Waals surface area contributed by atoms with Gasteiger partial charge < -0.3 is 15.4 Å². The smallest absolute Gasteiger partial charge is 0.237 e. The molecule has 0 spiro atoms. The summed E-state index contributed by atoms with van der Waals surface area (Å²) in [5, 5.41) is 6.13. The Morgan fingerprint density at radius 1 is 1.14 bits per heavy atom. The zero-order valence-electron chi connectivity index (χ0n) is 17.1. The van der Waals surface area contributed by atoms with Gasteiger partial charge in [-0.1, -0.05) is 18.2 Å². The zero-order chi connectivity index (χ0) is 20.1. The number of benzene rings is 1. The van der Waals surface area contributed by atoms with E-state index in [0.717, 1.165) is 50.3 Å². The average Bonchev–Trinajstić information content (AvgIpc) is 3.51. The lowest BCUT2D eigenvalue weighted by molar-refractivity contribution is -0.128. The first-order chi connectivity index (χ1) is 13.5. The van der Waals surface area contributed by atoms with Crippen LogP contribution >= 0.6 is 0 Å². The molecule has 1 saturated heterocycles. The van der Waals surface area contributed by atoms with Crippen LogP contribution in [0.25, 0.3) is 0 Å². The topological polar surface area (TPSA) is 73.9 Å². The highest BCUT2D eigenvalue weighted by molar-refractivity contribution is 5.82. The number of amides is 2. The standard InChI is InChI=1S/C21H32N4O3/c1-15(18-6-4-5-7-19(18)28-3)22-21(27)16(2)25-12-10-24(11-13-25)14-20(26)23-17-8-9-17/h4-7,15-17H,8-14H2,1-3H3,(H,22,27)(H,23,26). The van der Waals surface area contributed by atoms with Crippen molar-refractivity contribution in [2.45, 2.75) is 44.8 Å². The number of nitrogens with zero attached hydrogens (tertiary/aromatic N) is 2. The van der Waals surface area contributed by atoms with Crippen molar-refractivity contribution in [3.05, 3.63) is 29.8 Å². The van der Waals surface area contributed by atoms with Crippen molar-refractivity contribution in [3.63, 3.8) is 0 Å². The Morgan fingerprint density at radius 3 is 2.46 bits per heavy atom. The van der Waals surface area contributed by atoms with Gasteiger partial charge in [0.15, 0.2) is 0 Å². The summed E-state index contributed by atoms with van der Waals surface area (Å²) in [7, 11) is 1.64. The number of para-hydroxylation sites is 1. The molecule has 2 fully saturated rings. The molecule has 1 aliphatic heterocycles. The number of carbonyl (C=O) groups excluding carboxylic acids is 2. The molecule has 1 aliphatic carbocycles. The molecule has 2 N–H and O–H groups in total. The summed E-state index contributed by atoms with van der Waals surface area (Å²) in [6, 6.07) is 7.81. The molecule has 154 valence electrons. The third kappa shape index (κ3) is 5.45. The minimum absolute atomic E-state index is 0.0123. The van der Waals surface area contributed by atoms with Crippen molar-refractivity contribution in [3.8, 4) is 5.75 Å². The third-order valence-electron chi connectivity index (χ3n) is 5.61. The van der Waals surface area contributed by atoms with E-state index in [1.807, 2.05) is 38.1 Å². The van der Waals surface area contributed by atoms with Crippen molar-refractivity contribution in [2.75, 3.05) is 39.8 Å². The van der Waals surface area contributed by atoms with Crippen LogP contribution in [0.1, 0.15) is 38.3 Å². The lowest BCUT2D eigenvalue weighted by Gasteiger charge is -2.37. The van der Waals surface area contributed by atoms with Gasteiger partial charge in [-0.25, -0.2) is 0 Å². The van der Waals surface area contributed by atoms with Gasteiger partial charge in [-0.2, -0.15) is 0 Å². The molecule has 2 aliphatic rings. The van der Waals surface area contributed by atoms with Gasteiger partial charge in [-0.3, -0.25) is 19.4 Å². The van der Waals surface area contributed by atoms with Crippen LogP contribution in [-0.4, -0.2) is 73.5 Å². The fraction of sp³-hybridized carbons (Fsp3) is 0.619. The minimum atomic E-state index is -0.209. The second kappa shape index (κ2) is 9.39. The molecule has 1 heterocycles. The number of carbonyl (C=O) groups is 2. The van der Waals surface area contributed by atoms with Gasteiger partial charge in [0.05, 0.1) is 25.7 Å². The Morgan fingerprint density at radius 2 is 1.82 bits per heavy atom. The van der Waals surface area contributed by atoms with E-state index in [0.29, 0.717) is 12.6 Å². The quantitative estimate of drug-likeness (QED) is 0.699. The molecule has 0 bridgehead atoms. The summed E-state index contributed by atoms with van der Waals surface area (Å²) in [6.07, 6.45) is 2.22. The van der Waals surface area contributed by atoms with Crippen LogP contribution in [0.4, 0.5) is 0 Å². The van der Waals surface area contributed by atoms with Gasteiger partial charge in [-0.15, -0.1) is 0 Å². The van der Waals surface area contributed by atoms with Gasteiger partial charge in [0.2, 0.25) is 11.8 Å². The van der Waals surface area contributed by atoms with Crippen LogP contribution in [0.2, 0.25) is 0 Å². The fourth-order valence-corrected chi connectivity index (χ4v) is 3.61. The van der Waals surface area contributed by atoms with E-state index in [1.54, 1.807) is 7.11 Å². The maximum absolute atomic E-state index is 12.7. The normalized spacial score (nSPS) is 20.2. The Bertz CT molecular complexity index is 684. The number of nitrogens with one attached hydrogen (secondary N) is 2. The van der Waals surface area contributed by atoms with Crippen molar-refractivity contribution in [1.29, 1.82) is 0 Å². The van der Waals surface area contributed by atoms with Crippen LogP contribution in [0.5, 0.6) is 5.75 Å². The van der Waals surface area contributed by atoms with Crippen LogP contribution in [0, 0.1) is 0 Å². The minimum Gasteiger partial charge on any atom is -0.496 e. The highest BCUT2D eigenvalue weighted by atomic mass is 16.5. The molecule has 3 rings (SSSR count). The van der Waals surface area contributed by atoms with Gasteiger partial charge in [-0.05, 0) is 32.8 Å². The fourth-order valence-electron chi connectivity index (χ4n) is 3.61. The summed E-state index contributed by atoms with van der Waals surface area (Å²) in [5.41, 5.74) is 0.969. The molecule has 7 nitrogen and oxygen atoms in total. The Balaban J connectivity index is 1.45. The van der Waals surface area contributed by atoms with E-state index in [-0.39, 0.29) is 23.9 Å². The third-order valence-corrected chi connectivity index (χ3v) is 5.61. The van der Waals surface area contributed by atoms with E-state index in [9.17, 15) is 9.59 Å². The Hall–Kier alpha value is -2.12. The predicted octanol–water partition coefficient (Wildman–Crippen LogP) is 1.16. The number of hydrogen-bond acceptors (Lipinski definition) is 5. The molecule has 1 aromatic carbocycles. The Labute approximate surface area is 167 Å². The first kappa shape index (κ1) is 20.6. The van der Waals surface area contributed by atoms with Crippen LogP contribution in [0.3, 0.4) is 0 Å². The summed E-state index contributed by atoms with van der Waals surface area (Å²) >= 11 is 0. The molecule has 1 saturated carbocycles. The zero-order valence-corrected chi connectivity index (χ0v) is 17.1. The van der Waals surface area contributed by atoms with E-state index in [4.69, 9.17) is 4.74 Å². The molecule has 0 aromatic heterocycles. The molecule has 0 radical (unpaired) electrons. The van der Waals surface area contributed by atoms with E-state index < -0.39 is 0 Å². The molecule has 1 aromatic rings. The summed E-state index contributed by atoms with van der Waals surface area (Å²) in [5.74, 6) is 0.909. The lowest BCUT2D eigenvalue weighted by Crippen LogP contribution is -2.55. The summed E-state index contributed by atoms with van der Waals surface area (Å²) < 4.78 is 5.40. The maximum Gasteiger partial charge on any atom is 0.237 e. The highest BCUT2D eigenvalue weighted by Crippen LogP contribution is 2.24. The van der Waals surface area contributed by atoms with E-state index in [2.05, 4.69) is 20.4 Å². The Kier molecular flexibility index (Phi) is 6.91. The van der Waals surface area contributed by atoms with E-state index >= 15 is 0 Å². The molecule has 7 heteroatoms. The number of piperazine rings is 1. The van der Waals surface area contributed by atoms with Gasteiger partial charge in [0.25, 0.3) is 0 Å². The van der Waals surface area contributed by atoms with Crippen molar-refractivity contribution in [2.24, 2.45) is 0 Å². The van der Waals surface area contributed by atoms with Crippen molar-refractivity contribution in [1.82, 2.24) is 20.4 Å². The lowest BCUT2D eigenvalue weighted by atomic mass is 10.1. The van der Waals surface area contributed by atoms with Crippen LogP contribution in [-0.2, 0) is 9.59 Å². The first-order valence-corrected chi connectivity index (χ1v) is 10.2. The average molecular weight is 389 g/mol. The SMILES string of the molecule is COc1ccccc1C(C)NC(=O)C(C)N1CCN(CC(=O)NC2CC2)CC1. The number of ether oxygens (including phenoxy) is 1. The van der Waals surface area contributed by atoms with Gasteiger partial charge in [0.1, 0.15) is 5.75 Å².